The van der Waals surface area contributed by atoms with Gasteiger partial charge in [-0.15, -0.1) is 0 Å². The van der Waals surface area contributed by atoms with Gasteiger partial charge in [-0.25, -0.2) is 0 Å². The van der Waals surface area contributed by atoms with Crippen molar-refractivity contribution < 1.29 is 9.53 Å². The Morgan fingerprint density at radius 2 is 2.20 bits per heavy atom. The average molecular weight is 227 g/mol. The van der Waals surface area contributed by atoms with Gasteiger partial charge in [0, 0.05) is 5.75 Å². The largest absolute Gasteiger partial charge is 0.464 e. The summed E-state index contributed by atoms with van der Waals surface area (Å²) in [5.74, 6) is 0.316. The van der Waals surface area contributed by atoms with E-state index in [1.165, 1.54) is 0 Å². The average Bonchev–Trinajstić information content (AvgIpc) is 1.80. The van der Waals surface area contributed by atoms with Gasteiger partial charge >= 0.3 is 5.97 Å². The second kappa shape index (κ2) is 4.23. The number of alkyl halides is 1. The number of rotatable bonds is 3. The van der Waals surface area contributed by atoms with E-state index in [0.29, 0.717) is 12.4 Å². The van der Waals surface area contributed by atoms with Gasteiger partial charge in [0.05, 0.1) is 0 Å². The van der Waals surface area contributed by atoms with E-state index in [9.17, 15) is 4.79 Å². The van der Waals surface area contributed by atoms with Crippen LogP contribution in [0, 0.1) is 0 Å². The van der Waals surface area contributed by atoms with Crippen molar-refractivity contribution in [1.82, 2.24) is 0 Å². The summed E-state index contributed by atoms with van der Waals surface area (Å²) in [6.45, 7) is 3.86. The molecule has 0 atom stereocenters. The topological polar surface area (TPSA) is 26.3 Å². The molecule has 0 saturated heterocycles. The second-order valence-electron chi connectivity index (χ2n) is 2.33. The lowest BCUT2D eigenvalue weighted by molar-refractivity contribution is -0.144. The standard InChI is InChI=1S/C6H11BrO2S/c1-6(2,7)5(8)9-3-4-10/h10H,3-4H2,1-2H3. The third kappa shape index (κ3) is 4.17. The van der Waals surface area contributed by atoms with E-state index < -0.39 is 4.32 Å². The van der Waals surface area contributed by atoms with E-state index >= 15 is 0 Å². The van der Waals surface area contributed by atoms with Crippen LogP contribution in [0.2, 0.25) is 0 Å². The lowest BCUT2D eigenvalue weighted by atomic mass is 10.2. The number of hydrogen-bond acceptors (Lipinski definition) is 3. The summed E-state index contributed by atoms with van der Waals surface area (Å²) >= 11 is 7.07. The third-order valence-electron chi connectivity index (χ3n) is 0.810. The predicted octanol–water partition coefficient (Wildman–Crippen LogP) is 1.63. The van der Waals surface area contributed by atoms with Crippen molar-refractivity contribution in [2.45, 2.75) is 18.2 Å². The van der Waals surface area contributed by atoms with Crippen molar-refractivity contribution >= 4 is 34.5 Å². The Labute approximate surface area is 74.9 Å². The lowest BCUT2D eigenvalue weighted by Crippen LogP contribution is -2.27. The van der Waals surface area contributed by atoms with Crippen LogP contribution < -0.4 is 0 Å². The molecule has 0 saturated carbocycles. The quantitative estimate of drug-likeness (QED) is 0.450. The van der Waals surface area contributed by atoms with Crippen molar-refractivity contribution in [2.24, 2.45) is 0 Å². The Kier molecular flexibility index (Phi) is 4.36. The summed E-state index contributed by atoms with van der Waals surface area (Å²) in [5.41, 5.74) is 0. The third-order valence-corrected chi connectivity index (χ3v) is 1.32. The van der Waals surface area contributed by atoms with Crippen LogP contribution in [0.3, 0.4) is 0 Å². The molecule has 0 rings (SSSR count). The fourth-order valence-corrected chi connectivity index (χ4v) is 0.516. The van der Waals surface area contributed by atoms with Gasteiger partial charge in [0.1, 0.15) is 10.9 Å². The molecular weight excluding hydrogens is 216 g/mol. The fraction of sp³-hybridized carbons (Fsp3) is 0.833. The molecule has 0 aliphatic heterocycles. The summed E-state index contributed by atoms with van der Waals surface area (Å²) in [7, 11) is 0. The van der Waals surface area contributed by atoms with E-state index in [-0.39, 0.29) is 5.97 Å². The smallest absolute Gasteiger partial charge is 0.322 e. The zero-order chi connectivity index (χ0) is 8.20. The molecule has 0 fully saturated rings. The first-order valence-electron chi connectivity index (χ1n) is 2.95. The van der Waals surface area contributed by atoms with Crippen molar-refractivity contribution in [2.75, 3.05) is 12.4 Å². The normalized spacial score (nSPS) is 11.2. The van der Waals surface area contributed by atoms with Gasteiger partial charge in [-0.3, -0.25) is 4.79 Å². The van der Waals surface area contributed by atoms with E-state index in [4.69, 9.17) is 4.74 Å². The Hall–Kier alpha value is 0.300. The molecule has 0 radical (unpaired) electrons. The first kappa shape index (κ1) is 10.3. The number of hydrogen-bond donors (Lipinski definition) is 1. The maximum absolute atomic E-state index is 10.9. The molecule has 10 heavy (non-hydrogen) atoms. The van der Waals surface area contributed by atoms with Gasteiger partial charge in [-0.2, -0.15) is 12.6 Å². The van der Waals surface area contributed by atoms with Crippen LogP contribution in [0.25, 0.3) is 0 Å². The summed E-state index contributed by atoms with van der Waals surface area (Å²) in [4.78, 5) is 10.9. The minimum Gasteiger partial charge on any atom is -0.464 e. The number of ether oxygens (including phenoxy) is 1. The zero-order valence-corrected chi connectivity index (χ0v) is 8.54. The number of carbonyl (C=O) groups is 1. The van der Waals surface area contributed by atoms with Crippen molar-refractivity contribution in [3.63, 3.8) is 0 Å². The molecule has 2 nitrogen and oxygen atoms in total. The summed E-state index contributed by atoms with van der Waals surface area (Å²) in [5, 5.41) is 0. The highest BCUT2D eigenvalue weighted by Gasteiger charge is 2.24. The molecule has 0 aliphatic carbocycles. The monoisotopic (exact) mass is 226 g/mol. The Morgan fingerprint density at radius 1 is 1.70 bits per heavy atom. The van der Waals surface area contributed by atoms with Gasteiger partial charge in [-0.1, -0.05) is 15.9 Å². The SMILES string of the molecule is CC(C)(Br)C(=O)OCCS. The van der Waals surface area contributed by atoms with Gasteiger partial charge < -0.3 is 4.74 Å². The number of esters is 1. The van der Waals surface area contributed by atoms with Gasteiger partial charge in [0.25, 0.3) is 0 Å². The van der Waals surface area contributed by atoms with Crippen LogP contribution in [0.5, 0.6) is 0 Å². The number of thiol groups is 1. The van der Waals surface area contributed by atoms with Crippen molar-refractivity contribution in [1.29, 1.82) is 0 Å². The molecule has 0 aliphatic rings. The Balaban J connectivity index is 3.64. The highest BCUT2D eigenvalue weighted by atomic mass is 79.9. The molecular formula is C6H11BrO2S. The van der Waals surface area contributed by atoms with E-state index in [1.54, 1.807) is 13.8 Å². The lowest BCUT2D eigenvalue weighted by Gasteiger charge is -2.13. The van der Waals surface area contributed by atoms with Crippen LogP contribution in [-0.2, 0) is 9.53 Å². The van der Waals surface area contributed by atoms with Crippen molar-refractivity contribution in [3.8, 4) is 0 Å². The van der Waals surface area contributed by atoms with Gasteiger partial charge in [0.15, 0.2) is 0 Å². The molecule has 0 heterocycles. The highest BCUT2D eigenvalue weighted by Crippen LogP contribution is 2.17. The first-order chi connectivity index (χ1) is 4.48. The van der Waals surface area contributed by atoms with Crippen LogP contribution >= 0.6 is 28.6 Å². The Bertz CT molecular complexity index is 119. The minimum atomic E-state index is -0.573. The van der Waals surface area contributed by atoms with Crippen LogP contribution in [-0.4, -0.2) is 22.7 Å². The van der Waals surface area contributed by atoms with E-state index in [2.05, 4.69) is 28.6 Å². The summed E-state index contributed by atoms with van der Waals surface area (Å²) < 4.78 is 4.22. The molecule has 0 amide bonds. The molecule has 4 heteroatoms. The fourth-order valence-electron chi connectivity index (χ4n) is 0.310. The van der Waals surface area contributed by atoms with Crippen molar-refractivity contribution in [3.05, 3.63) is 0 Å². The Morgan fingerprint density at radius 3 is 2.50 bits per heavy atom. The second-order valence-corrected chi connectivity index (χ2v) is 4.76. The van der Waals surface area contributed by atoms with E-state index in [0.717, 1.165) is 0 Å². The molecule has 0 aromatic carbocycles. The minimum absolute atomic E-state index is 0.249. The summed E-state index contributed by atoms with van der Waals surface area (Å²) in [6, 6.07) is 0. The summed E-state index contributed by atoms with van der Waals surface area (Å²) in [6.07, 6.45) is 0. The molecule has 0 aromatic heterocycles. The molecule has 60 valence electrons. The molecule has 0 aromatic rings. The maximum atomic E-state index is 10.9. The number of carbonyl (C=O) groups excluding carboxylic acids is 1. The molecule has 0 bridgehead atoms. The predicted molar refractivity (Wildman–Crippen MR) is 47.8 cm³/mol. The first-order valence-corrected chi connectivity index (χ1v) is 4.38. The zero-order valence-electron chi connectivity index (χ0n) is 6.06. The maximum Gasteiger partial charge on any atom is 0.322 e. The molecule has 0 N–H and O–H groups in total. The number of halogens is 1. The van der Waals surface area contributed by atoms with Gasteiger partial charge in [0.2, 0.25) is 0 Å². The van der Waals surface area contributed by atoms with Crippen LogP contribution in [0.15, 0.2) is 0 Å². The van der Waals surface area contributed by atoms with Crippen LogP contribution in [0.4, 0.5) is 0 Å². The highest BCUT2D eigenvalue weighted by molar-refractivity contribution is 9.10. The molecule has 0 unspecified atom stereocenters. The molecule has 0 spiro atoms. The van der Waals surface area contributed by atoms with Crippen LogP contribution in [0.1, 0.15) is 13.8 Å². The van der Waals surface area contributed by atoms with E-state index in [1.807, 2.05) is 0 Å². The van der Waals surface area contributed by atoms with Gasteiger partial charge in [-0.05, 0) is 13.8 Å².